The second-order valence-electron chi connectivity index (χ2n) is 6.49. The van der Waals surface area contributed by atoms with Crippen molar-refractivity contribution in [3.05, 3.63) is 69.2 Å². The smallest absolute Gasteiger partial charge is 0.411 e. The number of carbonyl (C=O) groups excluding carboxylic acids is 1. The molecule has 2 unspecified atom stereocenters. The molecular weight excluding hydrogens is 393 g/mol. The number of carbonyl (C=O) groups is 1. The lowest BCUT2D eigenvalue weighted by Gasteiger charge is -2.36. The van der Waals surface area contributed by atoms with Crippen LogP contribution in [0.4, 0.5) is 4.79 Å². The summed E-state index contributed by atoms with van der Waals surface area (Å²) in [6.45, 7) is 1.63. The fourth-order valence-electron chi connectivity index (χ4n) is 3.59. The third kappa shape index (κ3) is 3.95. The van der Waals surface area contributed by atoms with E-state index in [1.54, 1.807) is 18.9 Å². The van der Waals surface area contributed by atoms with Gasteiger partial charge in [0.25, 0.3) is 0 Å². The first kappa shape index (κ1) is 19.3. The third-order valence-corrected chi connectivity index (χ3v) is 5.65. The van der Waals surface area contributed by atoms with Gasteiger partial charge in [-0.1, -0.05) is 65.1 Å². The number of nitrogens with zero attached hydrogens (tertiary/aromatic N) is 1. The molecule has 2 aromatic rings. The van der Waals surface area contributed by atoms with Crippen LogP contribution in [0.15, 0.2) is 42.5 Å². The van der Waals surface area contributed by atoms with Crippen molar-refractivity contribution in [1.82, 2.24) is 4.90 Å². The first-order valence-electron chi connectivity index (χ1n) is 8.49. The summed E-state index contributed by atoms with van der Waals surface area (Å²) in [6.07, 6.45) is 1.30. The van der Waals surface area contributed by atoms with Crippen LogP contribution in [0, 0.1) is 0 Å². The number of rotatable bonds is 3. The predicted molar refractivity (Wildman–Crippen MR) is 106 cm³/mol. The quantitative estimate of drug-likeness (QED) is 0.531. The number of amides is 1. The Morgan fingerprint density at radius 1 is 1.12 bits per heavy atom. The maximum absolute atomic E-state index is 12.3. The molecule has 26 heavy (non-hydrogen) atoms. The Hall–Kier alpha value is -1.42. The van der Waals surface area contributed by atoms with Crippen LogP contribution < -0.4 is 0 Å². The van der Waals surface area contributed by atoms with Gasteiger partial charge in [-0.25, -0.2) is 4.79 Å². The van der Waals surface area contributed by atoms with E-state index in [0.717, 1.165) is 24.0 Å². The molecule has 1 amide bonds. The van der Waals surface area contributed by atoms with Crippen molar-refractivity contribution in [2.24, 2.45) is 0 Å². The van der Waals surface area contributed by atoms with Crippen LogP contribution in [0.5, 0.6) is 0 Å². The number of hydrogen-bond donors (Lipinski definition) is 0. The zero-order valence-electron chi connectivity index (χ0n) is 14.6. The van der Waals surface area contributed by atoms with Crippen LogP contribution in [0.1, 0.15) is 48.4 Å². The average Bonchev–Trinajstić information content (AvgIpc) is 2.62. The second-order valence-corrected chi connectivity index (χ2v) is 7.91. The standard InChI is InChI=1S/C20H20Cl3NO2/c1-12(21)26-20(25)24(2)19-10-8-14(15-5-3-4-6-16(15)19)13-7-9-17(22)18(23)11-13/h3-7,9,11-12,14,19H,8,10H2,1-2H3/t12?,14-,19?/m0/s1. The SMILES string of the molecule is CC(Cl)OC(=O)N(C)C1CC[C@@H](c2ccc(Cl)c(Cl)c2)c2ccccc21. The summed E-state index contributed by atoms with van der Waals surface area (Å²) in [5, 5.41) is 1.11. The Morgan fingerprint density at radius 3 is 2.46 bits per heavy atom. The van der Waals surface area contributed by atoms with Crippen molar-refractivity contribution in [2.75, 3.05) is 7.05 Å². The van der Waals surface area contributed by atoms with Gasteiger partial charge in [0.2, 0.25) is 0 Å². The summed E-state index contributed by atoms with van der Waals surface area (Å²) in [7, 11) is 1.75. The van der Waals surface area contributed by atoms with Gasteiger partial charge in [0.15, 0.2) is 5.56 Å². The van der Waals surface area contributed by atoms with Crippen LogP contribution in [-0.2, 0) is 4.74 Å². The van der Waals surface area contributed by atoms with Crippen LogP contribution in [-0.4, -0.2) is 23.6 Å². The molecule has 0 saturated heterocycles. The number of ether oxygens (including phenoxy) is 1. The van der Waals surface area contributed by atoms with Crippen molar-refractivity contribution >= 4 is 40.9 Å². The number of fused-ring (bicyclic) bond motifs is 1. The van der Waals surface area contributed by atoms with E-state index in [2.05, 4.69) is 12.1 Å². The molecule has 0 fully saturated rings. The molecule has 138 valence electrons. The second kappa shape index (κ2) is 8.08. The molecule has 3 atom stereocenters. The molecule has 1 aliphatic carbocycles. The first-order valence-corrected chi connectivity index (χ1v) is 9.69. The molecule has 6 heteroatoms. The summed E-state index contributed by atoms with van der Waals surface area (Å²) >= 11 is 18.1. The van der Waals surface area contributed by atoms with Gasteiger partial charge in [-0.3, -0.25) is 0 Å². The van der Waals surface area contributed by atoms with Gasteiger partial charge in [0.05, 0.1) is 16.1 Å². The van der Waals surface area contributed by atoms with E-state index in [4.69, 9.17) is 39.5 Å². The van der Waals surface area contributed by atoms with Crippen molar-refractivity contribution in [3.63, 3.8) is 0 Å². The highest BCUT2D eigenvalue weighted by molar-refractivity contribution is 6.42. The third-order valence-electron chi connectivity index (χ3n) is 4.82. The molecule has 0 saturated carbocycles. The number of alkyl halides is 1. The molecule has 3 nitrogen and oxygen atoms in total. The fourth-order valence-corrected chi connectivity index (χ4v) is 3.98. The van der Waals surface area contributed by atoms with Crippen molar-refractivity contribution in [3.8, 4) is 0 Å². The van der Waals surface area contributed by atoms with E-state index < -0.39 is 11.7 Å². The topological polar surface area (TPSA) is 29.5 Å². The molecule has 2 aromatic carbocycles. The van der Waals surface area contributed by atoms with Crippen molar-refractivity contribution < 1.29 is 9.53 Å². The lowest BCUT2D eigenvalue weighted by molar-refractivity contribution is 0.0868. The van der Waals surface area contributed by atoms with Gasteiger partial charge < -0.3 is 9.64 Å². The normalized spacial score (nSPS) is 20.2. The van der Waals surface area contributed by atoms with Crippen LogP contribution in [0.25, 0.3) is 0 Å². The van der Waals surface area contributed by atoms with Crippen LogP contribution >= 0.6 is 34.8 Å². The highest BCUT2D eigenvalue weighted by Gasteiger charge is 2.33. The summed E-state index contributed by atoms with van der Waals surface area (Å²) in [4.78, 5) is 13.9. The van der Waals surface area contributed by atoms with Gasteiger partial charge in [-0.15, -0.1) is 0 Å². The zero-order chi connectivity index (χ0) is 18.8. The van der Waals surface area contributed by atoms with Crippen LogP contribution in [0.3, 0.4) is 0 Å². The van der Waals surface area contributed by atoms with E-state index in [1.807, 2.05) is 30.3 Å². The monoisotopic (exact) mass is 411 g/mol. The molecule has 0 aliphatic heterocycles. The highest BCUT2D eigenvalue weighted by atomic mass is 35.5. The first-order chi connectivity index (χ1) is 12.4. The summed E-state index contributed by atoms with van der Waals surface area (Å²) in [5.74, 6) is 0.216. The van der Waals surface area contributed by atoms with Gasteiger partial charge in [0.1, 0.15) is 0 Å². The molecule has 0 N–H and O–H groups in total. The van der Waals surface area contributed by atoms with Crippen molar-refractivity contribution in [1.29, 1.82) is 0 Å². The van der Waals surface area contributed by atoms with Gasteiger partial charge in [-0.2, -0.15) is 0 Å². The Kier molecular flexibility index (Phi) is 6.01. The van der Waals surface area contributed by atoms with E-state index in [0.29, 0.717) is 10.0 Å². The zero-order valence-corrected chi connectivity index (χ0v) is 16.9. The minimum absolute atomic E-state index is 0.0480. The lowest BCUT2D eigenvalue weighted by atomic mass is 9.76. The fraction of sp³-hybridized carbons (Fsp3) is 0.350. The molecular formula is C20H20Cl3NO2. The summed E-state index contributed by atoms with van der Waals surface area (Å²) < 4.78 is 5.14. The minimum Gasteiger partial charge on any atom is -0.430 e. The highest BCUT2D eigenvalue weighted by Crippen LogP contribution is 2.44. The van der Waals surface area contributed by atoms with Crippen molar-refractivity contribution in [2.45, 2.75) is 37.3 Å². The number of halogens is 3. The Bertz CT molecular complexity index is 809. The largest absolute Gasteiger partial charge is 0.430 e. The van der Waals surface area contributed by atoms with E-state index in [1.165, 1.54) is 5.56 Å². The molecule has 1 aliphatic rings. The lowest BCUT2D eigenvalue weighted by Crippen LogP contribution is -2.35. The number of benzene rings is 2. The molecule has 0 spiro atoms. The van der Waals surface area contributed by atoms with Gasteiger partial charge in [0, 0.05) is 13.0 Å². The summed E-state index contributed by atoms with van der Waals surface area (Å²) in [6, 6.07) is 13.9. The maximum Gasteiger partial charge on any atom is 0.411 e. The average molecular weight is 413 g/mol. The van der Waals surface area contributed by atoms with Gasteiger partial charge in [-0.05, 0) is 48.6 Å². The van der Waals surface area contributed by atoms with E-state index in [-0.39, 0.29) is 12.0 Å². The molecule has 0 bridgehead atoms. The summed E-state index contributed by atoms with van der Waals surface area (Å²) in [5.41, 5.74) is 2.79. The maximum atomic E-state index is 12.3. The molecule has 0 aromatic heterocycles. The van der Waals surface area contributed by atoms with Gasteiger partial charge >= 0.3 is 6.09 Å². The predicted octanol–water partition coefficient (Wildman–Crippen LogP) is 6.61. The van der Waals surface area contributed by atoms with E-state index >= 15 is 0 Å². The molecule has 0 heterocycles. The Balaban J connectivity index is 1.93. The van der Waals surface area contributed by atoms with Crippen LogP contribution in [0.2, 0.25) is 10.0 Å². The van der Waals surface area contributed by atoms with E-state index in [9.17, 15) is 4.79 Å². The molecule has 3 rings (SSSR count). The molecule has 0 radical (unpaired) electrons. The minimum atomic E-state index is -0.659. The Morgan fingerprint density at radius 2 is 1.81 bits per heavy atom. The number of hydrogen-bond acceptors (Lipinski definition) is 2. The Labute approximate surface area is 168 Å².